The fraction of sp³-hybridized carbons (Fsp3) is 0.316. The fourth-order valence-corrected chi connectivity index (χ4v) is 3.25. The Morgan fingerprint density at radius 3 is 2.83 bits per heavy atom. The number of carbonyl (C=O) groups is 1. The van der Waals surface area contributed by atoms with Crippen molar-refractivity contribution in [1.82, 2.24) is 4.90 Å². The minimum Gasteiger partial charge on any atom is -0.465 e. The summed E-state index contributed by atoms with van der Waals surface area (Å²) in [5.74, 6) is -0.992. The van der Waals surface area contributed by atoms with Crippen molar-refractivity contribution in [3.8, 4) is 0 Å². The van der Waals surface area contributed by atoms with E-state index in [1.54, 1.807) is 12.1 Å². The number of nitrogens with zero attached hydrogens (tertiary/aromatic N) is 1. The lowest BCUT2D eigenvalue weighted by atomic mass is 9.92. The number of ether oxygens (including phenoxy) is 1. The topological polar surface area (TPSA) is 49.8 Å². The second kappa shape index (κ2) is 7.11. The van der Waals surface area contributed by atoms with Gasteiger partial charge in [-0.25, -0.2) is 9.18 Å². The molecule has 2 aromatic rings. The number of hydrogen-bond acceptors (Lipinski definition) is 4. The van der Waals surface area contributed by atoms with Crippen LogP contribution >= 0.6 is 0 Å². The van der Waals surface area contributed by atoms with E-state index < -0.39 is 11.8 Å². The van der Waals surface area contributed by atoms with Gasteiger partial charge in [0.1, 0.15) is 5.82 Å². The lowest BCUT2D eigenvalue weighted by Crippen LogP contribution is -2.37. The third-order valence-electron chi connectivity index (χ3n) is 4.54. The molecule has 0 fully saturated rings. The first-order valence-corrected chi connectivity index (χ1v) is 7.93. The maximum atomic E-state index is 14.3. The Kier molecular flexibility index (Phi) is 4.92. The molecule has 2 aromatic carbocycles. The number of esters is 1. The van der Waals surface area contributed by atoms with E-state index in [2.05, 4.69) is 15.7 Å². The summed E-state index contributed by atoms with van der Waals surface area (Å²) in [7, 11) is 1.27. The normalized spacial score (nSPS) is 17.4. The summed E-state index contributed by atoms with van der Waals surface area (Å²) in [6, 6.07) is 12.3. The Labute approximate surface area is 140 Å². The van der Waals surface area contributed by atoms with E-state index in [4.69, 9.17) is 0 Å². The van der Waals surface area contributed by atoms with Gasteiger partial charge >= 0.3 is 5.97 Å². The maximum absolute atomic E-state index is 14.3. The van der Waals surface area contributed by atoms with Crippen LogP contribution in [0.3, 0.4) is 0 Å². The van der Waals surface area contributed by atoms with E-state index in [1.807, 2.05) is 18.2 Å². The third-order valence-corrected chi connectivity index (χ3v) is 4.54. The van der Waals surface area contributed by atoms with Gasteiger partial charge in [-0.1, -0.05) is 30.3 Å². The molecule has 0 aromatic heterocycles. The zero-order valence-corrected chi connectivity index (χ0v) is 13.5. The number of hydrogen-bond donors (Lipinski definition) is 1. The Morgan fingerprint density at radius 1 is 1.33 bits per heavy atom. The average Bonchev–Trinajstić information content (AvgIpc) is 2.62. The van der Waals surface area contributed by atoms with Crippen LogP contribution in [0.2, 0.25) is 0 Å². The molecule has 5 heteroatoms. The predicted octanol–water partition coefficient (Wildman–Crippen LogP) is 2.70. The van der Waals surface area contributed by atoms with Crippen molar-refractivity contribution in [2.75, 3.05) is 20.3 Å². The van der Waals surface area contributed by atoms with Gasteiger partial charge in [0, 0.05) is 18.7 Å². The van der Waals surface area contributed by atoms with E-state index in [0.29, 0.717) is 12.1 Å². The van der Waals surface area contributed by atoms with E-state index in [-0.39, 0.29) is 18.2 Å². The minimum atomic E-state index is -0.555. The standard InChI is InChI=1S/C19H20FNO3/c1-24-19(23)14-6-7-15(17(20)10-14)11-21-9-8-13-4-2-3-5-16(13)18(21)12-22/h2-7,10,18,22H,8-9,11-12H2,1H3. The Morgan fingerprint density at radius 2 is 2.12 bits per heavy atom. The van der Waals surface area contributed by atoms with Crippen LogP contribution in [0.15, 0.2) is 42.5 Å². The van der Waals surface area contributed by atoms with E-state index in [0.717, 1.165) is 18.5 Å². The monoisotopic (exact) mass is 329 g/mol. The number of halogens is 1. The number of methoxy groups -OCH3 is 1. The predicted molar refractivity (Wildman–Crippen MR) is 88.1 cm³/mol. The van der Waals surface area contributed by atoms with Crippen LogP contribution in [0.5, 0.6) is 0 Å². The van der Waals surface area contributed by atoms with Gasteiger partial charge < -0.3 is 9.84 Å². The van der Waals surface area contributed by atoms with Crippen LogP contribution in [0, 0.1) is 5.82 Å². The molecule has 24 heavy (non-hydrogen) atoms. The van der Waals surface area contributed by atoms with Gasteiger partial charge in [-0.05, 0) is 29.7 Å². The molecule has 0 radical (unpaired) electrons. The van der Waals surface area contributed by atoms with Gasteiger partial charge in [-0.2, -0.15) is 0 Å². The maximum Gasteiger partial charge on any atom is 0.337 e. The second-order valence-electron chi connectivity index (χ2n) is 5.92. The van der Waals surface area contributed by atoms with Crippen LogP contribution in [-0.4, -0.2) is 36.2 Å². The molecular formula is C19H20FNO3. The van der Waals surface area contributed by atoms with Gasteiger partial charge in [0.15, 0.2) is 0 Å². The van der Waals surface area contributed by atoms with Crippen LogP contribution in [0.4, 0.5) is 4.39 Å². The first kappa shape index (κ1) is 16.6. The summed E-state index contributed by atoms with van der Waals surface area (Å²) in [5, 5.41) is 9.81. The number of carbonyl (C=O) groups excluding carboxylic acids is 1. The largest absolute Gasteiger partial charge is 0.465 e. The number of aliphatic hydroxyl groups is 1. The molecule has 1 aliphatic heterocycles. The number of benzene rings is 2. The summed E-state index contributed by atoms with van der Waals surface area (Å²) in [4.78, 5) is 13.5. The SMILES string of the molecule is COC(=O)c1ccc(CN2CCc3ccccc3C2CO)c(F)c1. The summed E-state index contributed by atoms with van der Waals surface area (Å²) < 4.78 is 18.9. The van der Waals surface area contributed by atoms with E-state index in [1.165, 1.54) is 18.7 Å². The molecular weight excluding hydrogens is 309 g/mol. The number of rotatable bonds is 4. The van der Waals surface area contributed by atoms with Crippen LogP contribution in [0.1, 0.15) is 33.1 Å². The molecule has 4 nitrogen and oxygen atoms in total. The summed E-state index contributed by atoms with van der Waals surface area (Å²) in [6.45, 7) is 1.12. The van der Waals surface area contributed by atoms with Gasteiger partial charge in [0.2, 0.25) is 0 Å². The van der Waals surface area contributed by atoms with Crippen molar-refractivity contribution in [2.24, 2.45) is 0 Å². The molecule has 3 rings (SSSR count). The highest BCUT2D eigenvalue weighted by molar-refractivity contribution is 5.89. The van der Waals surface area contributed by atoms with Gasteiger partial charge in [-0.3, -0.25) is 4.90 Å². The summed E-state index contributed by atoms with van der Waals surface area (Å²) >= 11 is 0. The Balaban J connectivity index is 1.82. The fourth-order valence-electron chi connectivity index (χ4n) is 3.25. The first-order valence-electron chi connectivity index (χ1n) is 7.93. The minimum absolute atomic E-state index is 0.0150. The molecule has 0 spiro atoms. The molecule has 0 saturated carbocycles. The lowest BCUT2D eigenvalue weighted by molar-refractivity contribution is 0.0600. The zero-order chi connectivity index (χ0) is 17.1. The van der Waals surface area contributed by atoms with Crippen LogP contribution in [-0.2, 0) is 17.7 Å². The summed E-state index contributed by atoms with van der Waals surface area (Å²) in [6.07, 6.45) is 0.870. The lowest BCUT2D eigenvalue weighted by Gasteiger charge is -2.36. The van der Waals surface area contributed by atoms with Crippen LogP contribution in [0.25, 0.3) is 0 Å². The molecule has 1 aliphatic rings. The van der Waals surface area contributed by atoms with Crippen molar-refractivity contribution in [3.63, 3.8) is 0 Å². The van der Waals surface area contributed by atoms with Crippen LogP contribution < -0.4 is 0 Å². The first-order chi connectivity index (χ1) is 11.6. The molecule has 0 bridgehead atoms. The molecule has 1 heterocycles. The number of aliphatic hydroxyl groups excluding tert-OH is 1. The van der Waals surface area contributed by atoms with Crippen molar-refractivity contribution in [2.45, 2.75) is 19.0 Å². The highest BCUT2D eigenvalue weighted by Crippen LogP contribution is 2.31. The molecule has 0 amide bonds. The van der Waals surface area contributed by atoms with Crippen molar-refractivity contribution < 1.29 is 19.0 Å². The summed E-state index contributed by atoms with van der Waals surface area (Å²) in [5.41, 5.74) is 3.02. The third kappa shape index (κ3) is 3.18. The quantitative estimate of drug-likeness (QED) is 0.876. The Bertz CT molecular complexity index is 747. The Hall–Kier alpha value is -2.24. The van der Waals surface area contributed by atoms with Crippen molar-refractivity contribution >= 4 is 5.97 Å². The zero-order valence-electron chi connectivity index (χ0n) is 13.5. The highest BCUT2D eigenvalue weighted by Gasteiger charge is 2.27. The molecule has 0 aliphatic carbocycles. The smallest absolute Gasteiger partial charge is 0.337 e. The average molecular weight is 329 g/mol. The molecule has 1 atom stereocenters. The van der Waals surface area contributed by atoms with E-state index in [9.17, 15) is 14.3 Å². The molecule has 0 saturated heterocycles. The number of fused-ring (bicyclic) bond motifs is 1. The van der Waals surface area contributed by atoms with Gasteiger partial charge in [-0.15, -0.1) is 0 Å². The van der Waals surface area contributed by atoms with Crippen molar-refractivity contribution in [3.05, 3.63) is 70.5 Å². The highest BCUT2D eigenvalue weighted by atomic mass is 19.1. The molecule has 1 N–H and O–H groups in total. The van der Waals surface area contributed by atoms with E-state index >= 15 is 0 Å². The van der Waals surface area contributed by atoms with Gasteiger partial charge in [0.25, 0.3) is 0 Å². The molecule has 126 valence electrons. The second-order valence-corrected chi connectivity index (χ2v) is 5.92. The van der Waals surface area contributed by atoms with Gasteiger partial charge in [0.05, 0.1) is 25.3 Å². The van der Waals surface area contributed by atoms with Crippen molar-refractivity contribution in [1.29, 1.82) is 0 Å². The molecule has 1 unspecified atom stereocenters.